The summed E-state index contributed by atoms with van der Waals surface area (Å²) in [7, 11) is 1.65. The van der Waals surface area contributed by atoms with Crippen LogP contribution in [0.5, 0.6) is 5.75 Å². The molecule has 1 aromatic rings. The van der Waals surface area contributed by atoms with Crippen LogP contribution in [-0.4, -0.2) is 24.9 Å². The van der Waals surface area contributed by atoms with Crippen molar-refractivity contribution < 1.29 is 9.84 Å². The fourth-order valence-electron chi connectivity index (χ4n) is 1.64. The number of nitrogens with one attached hydrogen (secondary N) is 1. The summed E-state index contributed by atoms with van der Waals surface area (Å²) < 4.78 is 5.25. The normalized spacial score (nSPS) is 12.2. The van der Waals surface area contributed by atoms with Crippen molar-refractivity contribution in [2.24, 2.45) is 0 Å². The molecule has 0 radical (unpaired) electrons. The molecule has 1 unspecified atom stereocenters. The van der Waals surface area contributed by atoms with Gasteiger partial charge in [-0.1, -0.05) is 31.9 Å². The molecule has 0 heterocycles. The van der Waals surface area contributed by atoms with Crippen molar-refractivity contribution in [3.05, 3.63) is 24.3 Å². The Morgan fingerprint density at radius 2 is 2.12 bits per heavy atom. The monoisotopic (exact) mass is 223 g/mol. The molecular weight excluding hydrogens is 202 g/mol. The average molecular weight is 223 g/mol. The van der Waals surface area contributed by atoms with Crippen molar-refractivity contribution in [1.82, 2.24) is 0 Å². The molecule has 0 saturated heterocycles. The fourth-order valence-corrected chi connectivity index (χ4v) is 1.64. The van der Waals surface area contributed by atoms with E-state index in [0.29, 0.717) is 0 Å². The van der Waals surface area contributed by atoms with Crippen LogP contribution in [0.3, 0.4) is 0 Å². The first kappa shape index (κ1) is 12.8. The lowest BCUT2D eigenvalue weighted by Crippen LogP contribution is -2.23. The summed E-state index contributed by atoms with van der Waals surface area (Å²) in [5.74, 6) is 0.817. The van der Waals surface area contributed by atoms with Crippen LogP contribution in [0, 0.1) is 0 Å². The molecule has 2 N–H and O–H groups in total. The van der Waals surface area contributed by atoms with E-state index in [1.165, 1.54) is 0 Å². The Morgan fingerprint density at radius 1 is 1.38 bits per heavy atom. The Labute approximate surface area is 97.4 Å². The first-order valence-electron chi connectivity index (χ1n) is 5.82. The molecule has 90 valence electrons. The van der Waals surface area contributed by atoms with Gasteiger partial charge in [-0.2, -0.15) is 0 Å². The maximum absolute atomic E-state index is 9.27. The zero-order valence-corrected chi connectivity index (χ0v) is 10.1. The second-order valence-electron chi connectivity index (χ2n) is 3.87. The lowest BCUT2D eigenvalue weighted by molar-refractivity contribution is 0.266. The number of para-hydroxylation sites is 2. The van der Waals surface area contributed by atoms with E-state index in [-0.39, 0.29) is 12.6 Å². The molecule has 3 heteroatoms. The molecule has 0 bridgehead atoms. The Morgan fingerprint density at radius 3 is 2.75 bits per heavy atom. The second kappa shape index (κ2) is 7.12. The van der Waals surface area contributed by atoms with Crippen LogP contribution in [0.4, 0.5) is 5.69 Å². The number of hydrogen-bond acceptors (Lipinski definition) is 3. The lowest BCUT2D eigenvalue weighted by Gasteiger charge is -2.19. The Kier molecular flexibility index (Phi) is 5.72. The van der Waals surface area contributed by atoms with Crippen molar-refractivity contribution in [2.75, 3.05) is 19.0 Å². The van der Waals surface area contributed by atoms with Crippen LogP contribution >= 0.6 is 0 Å². The summed E-state index contributed by atoms with van der Waals surface area (Å²) in [6, 6.07) is 7.88. The molecule has 1 aromatic carbocycles. The predicted molar refractivity (Wildman–Crippen MR) is 67.0 cm³/mol. The molecule has 0 spiro atoms. The highest BCUT2D eigenvalue weighted by atomic mass is 16.5. The minimum absolute atomic E-state index is 0.108. The molecular formula is C13H21NO2. The molecule has 1 rings (SSSR count). The number of rotatable bonds is 7. The van der Waals surface area contributed by atoms with E-state index in [4.69, 9.17) is 4.74 Å². The zero-order valence-electron chi connectivity index (χ0n) is 10.1. The van der Waals surface area contributed by atoms with Gasteiger partial charge in [-0.3, -0.25) is 0 Å². The van der Waals surface area contributed by atoms with Crippen LogP contribution in [-0.2, 0) is 0 Å². The van der Waals surface area contributed by atoms with Gasteiger partial charge in [0.1, 0.15) is 5.75 Å². The van der Waals surface area contributed by atoms with Crippen LogP contribution < -0.4 is 10.1 Å². The zero-order chi connectivity index (χ0) is 11.8. The van der Waals surface area contributed by atoms with Gasteiger partial charge < -0.3 is 15.2 Å². The highest BCUT2D eigenvalue weighted by Gasteiger charge is 2.09. The Hall–Kier alpha value is -1.22. The van der Waals surface area contributed by atoms with Gasteiger partial charge in [0.25, 0.3) is 0 Å². The van der Waals surface area contributed by atoms with Crippen LogP contribution in [0.2, 0.25) is 0 Å². The summed E-state index contributed by atoms with van der Waals surface area (Å²) in [4.78, 5) is 0. The van der Waals surface area contributed by atoms with E-state index in [1.54, 1.807) is 7.11 Å². The maximum atomic E-state index is 9.27. The van der Waals surface area contributed by atoms with E-state index in [9.17, 15) is 5.11 Å². The minimum atomic E-state index is 0.108. The van der Waals surface area contributed by atoms with Gasteiger partial charge in [-0.05, 0) is 18.6 Å². The average Bonchev–Trinajstić information content (AvgIpc) is 2.34. The third kappa shape index (κ3) is 3.74. The van der Waals surface area contributed by atoms with Crippen molar-refractivity contribution >= 4 is 5.69 Å². The van der Waals surface area contributed by atoms with Crippen LogP contribution in [0.15, 0.2) is 24.3 Å². The minimum Gasteiger partial charge on any atom is -0.495 e. The Bertz CT molecular complexity index is 302. The molecule has 1 atom stereocenters. The van der Waals surface area contributed by atoms with Gasteiger partial charge in [0.2, 0.25) is 0 Å². The Balaban J connectivity index is 2.62. The number of ether oxygens (including phenoxy) is 1. The first-order valence-corrected chi connectivity index (χ1v) is 5.82. The number of hydrogen-bond donors (Lipinski definition) is 2. The van der Waals surface area contributed by atoms with Crippen molar-refractivity contribution in [3.63, 3.8) is 0 Å². The third-order valence-corrected chi connectivity index (χ3v) is 2.59. The molecule has 0 aliphatic rings. The van der Waals surface area contributed by atoms with E-state index in [2.05, 4.69) is 12.2 Å². The van der Waals surface area contributed by atoms with Crippen molar-refractivity contribution in [2.45, 2.75) is 32.2 Å². The maximum Gasteiger partial charge on any atom is 0.141 e. The van der Waals surface area contributed by atoms with E-state index >= 15 is 0 Å². The standard InChI is InChI=1S/C13H21NO2/c1-3-4-7-11(10-15)14-12-8-5-6-9-13(12)16-2/h5-6,8-9,11,14-15H,3-4,7,10H2,1-2H3. The topological polar surface area (TPSA) is 41.5 Å². The second-order valence-corrected chi connectivity index (χ2v) is 3.87. The number of aliphatic hydroxyl groups is 1. The van der Waals surface area contributed by atoms with Gasteiger partial charge >= 0.3 is 0 Å². The molecule has 0 saturated carbocycles. The van der Waals surface area contributed by atoms with Crippen LogP contribution in [0.25, 0.3) is 0 Å². The molecule has 0 fully saturated rings. The summed E-state index contributed by atoms with van der Waals surface area (Å²) >= 11 is 0. The van der Waals surface area contributed by atoms with E-state index in [1.807, 2.05) is 24.3 Å². The molecule has 16 heavy (non-hydrogen) atoms. The van der Waals surface area contributed by atoms with Gasteiger partial charge in [0.05, 0.1) is 19.4 Å². The van der Waals surface area contributed by atoms with Gasteiger partial charge in [0.15, 0.2) is 0 Å². The first-order chi connectivity index (χ1) is 7.81. The van der Waals surface area contributed by atoms with E-state index < -0.39 is 0 Å². The third-order valence-electron chi connectivity index (χ3n) is 2.59. The van der Waals surface area contributed by atoms with Gasteiger partial charge in [-0.15, -0.1) is 0 Å². The van der Waals surface area contributed by atoms with Crippen molar-refractivity contribution in [3.8, 4) is 5.75 Å². The predicted octanol–water partition coefficient (Wildman–Crippen LogP) is 2.66. The molecule has 0 amide bonds. The molecule has 3 nitrogen and oxygen atoms in total. The fraction of sp³-hybridized carbons (Fsp3) is 0.538. The van der Waals surface area contributed by atoms with Crippen molar-refractivity contribution in [1.29, 1.82) is 0 Å². The molecule has 0 aromatic heterocycles. The number of benzene rings is 1. The number of unbranched alkanes of at least 4 members (excludes halogenated alkanes) is 1. The molecule has 0 aliphatic heterocycles. The highest BCUT2D eigenvalue weighted by molar-refractivity contribution is 5.56. The summed E-state index contributed by atoms with van der Waals surface area (Å²) in [5, 5.41) is 12.6. The van der Waals surface area contributed by atoms with Gasteiger partial charge in [0, 0.05) is 6.04 Å². The quantitative estimate of drug-likeness (QED) is 0.746. The van der Waals surface area contributed by atoms with E-state index in [0.717, 1.165) is 30.7 Å². The summed E-state index contributed by atoms with van der Waals surface area (Å²) in [6.45, 7) is 2.30. The van der Waals surface area contributed by atoms with Crippen LogP contribution in [0.1, 0.15) is 26.2 Å². The highest BCUT2D eigenvalue weighted by Crippen LogP contribution is 2.24. The molecule has 0 aliphatic carbocycles. The number of aliphatic hydroxyl groups excluding tert-OH is 1. The summed E-state index contributed by atoms with van der Waals surface area (Å²) in [6.07, 6.45) is 3.24. The number of anilines is 1. The van der Waals surface area contributed by atoms with Gasteiger partial charge in [-0.25, -0.2) is 0 Å². The lowest BCUT2D eigenvalue weighted by atomic mass is 10.1. The smallest absolute Gasteiger partial charge is 0.141 e. The number of methoxy groups -OCH3 is 1. The largest absolute Gasteiger partial charge is 0.495 e. The SMILES string of the molecule is CCCCC(CO)Nc1ccccc1OC. The summed E-state index contributed by atoms with van der Waals surface area (Å²) in [5.41, 5.74) is 0.945.